The molecule has 0 spiro atoms. The SMILES string of the molecule is COC(=O)c1nc(N2CCCc3c2nnc(Nc2nc4ccccc4s2)c3C)sc1CCCOc1ccc(C#C[Si](C)(C)C)cc1F. The van der Waals surface area contributed by atoms with Crippen LogP contribution in [0.3, 0.4) is 0 Å². The fourth-order valence-electron chi connectivity index (χ4n) is 5.16. The van der Waals surface area contributed by atoms with E-state index in [1.807, 2.05) is 36.1 Å². The van der Waals surface area contributed by atoms with Gasteiger partial charge in [0.1, 0.15) is 8.07 Å². The Labute approximate surface area is 282 Å². The minimum absolute atomic E-state index is 0.178. The van der Waals surface area contributed by atoms with Gasteiger partial charge in [0, 0.05) is 28.1 Å². The number of rotatable bonds is 9. The second-order valence-electron chi connectivity index (χ2n) is 12.2. The van der Waals surface area contributed by atoms with Crippen molar-refractivity contribution in [3.05, 3.63) is 75.5 Å². The van der Waals surface area contributed by atoms with Crippen molar-refractivity contribution in [1.82, 2.24) is 20.2 Å². The van der Waals surface area contributed by atoms with Gasteiger partial charge in [-0.15, -0.1) is 27.1 Å². The molecule has 0 fully saturated rings. The molecule has 0 saturated carbocycles. The number of carbonyl (C=O) groups excluding carboxylic acids is 1. The highest BCUT2D eigenvalue weighted by Gasteiger charge is 2.29. The summed E-state index contributed by atoms with van der Waals surface area (Å²) in [7, 11) is -0.214. The van der Waals surface area contributed by atoms with Crippen LogP contribution < -0.4 is 15.0 Å². The van der Waals surface area contributed by atoms with Crippen molar-refractivity contribution in [2.75, 3.05) is 30.5 Å². The molecule has 4 heterocycles. The van der Waals surface area contributed by atoms with Crippen LogP contribution in [0, 0.1) is 24.2 Å². The van der Waals surface area contributed by atoms with Gasteiger partial charge in [0.05, 0.1) is 23.9 Å². The molecular weight excluding hydrogens is 652 g/mol. The zero-order valence-corrected chi connectivity index (χ0v) is 29.6. The Balaban J connectivity index is 1.16. The molecule has 6 rings (SSSR count). The number of aromatic nitrogens is 4. The number of nitrogens with one attached hydrogen (secondary N) is 1. The molecule has 9 nitrogen and oxygen atoms in total. The van der Waals surface area contributed by atoms with Crippen molar-refractivity contribution < 1.29 is 18.7 Å². The number of anilines is 4. The van der Waals surface area contributed by atoms with Gasteiger partial charge in [-0.2, -0.15) is 0 Å². The number of benzene rings is 2. The molecule has 5 aromatic rings. The molecule has 0 aliphatic carbocycles. The van der Waals surface area contributed by atoms with Crippen molar-refractivity contribution >= 4 is 68.8 Å². The fraction of sp³-hybridized carbons (Fsp3) is 0.324. The standard InChI is InChI=1S/C34H35FN6O3S2Si/c1-21-23-10-8-17-41(31(23)40-39-30(21)38-33-36-25-11-6-7-12-27(25)45-33)34-37-29(32(42)43-2)28(46-34)13-9-18-44-26-15-14-22(20-24(26)35)16-19-47(3,4)5/h6-7,11-12,14-15,20H,8-10,13,17-18H2,1-5H3,(H,36,38,39). The number of esters is 1. The third-order valence-electron chi connectivity index (χ3n) is 7.52. The van der Waals surface area contributed by atoms with E-state index < -0.39 is 19.9 Å². The average molecular weight is 687 g/mol. The number of ether oxygens (including phenoxy) is 2. The summed E-state index contributed by atoms with van der Waals surface area (Å²) in [5, 5.41) is 13.9. The van der Waals surface area contributed by atoms with Crippen LogP contribution in [-0.4, -0.2) is 54.5 Å². The number of thiazole rings is 2. The van der Waals surface area contributed by atoms with Crippen molar-refractivity contribution in [3.63, 3.8) is 0 Å². The van der Waals surface area contributed by atoms with Crippen molar-refractivity contribution in [1.29, 1.82) is 0 Å². The van der Waals surface area contributed by atoms with Crippen molar-refractivity contribution in [2.45, 2.75) is 52.2 Å². The van der Waals surface area contributed by atoms with E-state index in [1.54, 1.807) is 23.5 Å². The lowest BCUT2D eigenvalue weighted by Gasteiger charge is -2.28. The van der Waals surface area contributed by atoms with Crippen LogP contribution in [0.5, 0.6) is 5.75 Å². The number of hydrogen-bond acceptors (Lipinski definition) is 11. The van der Waals surface area contributed by atoms with E-state index in [4.69, 9.17) is 14.5 Å². The predicted molar refractivity (Wildman–Crippen MR) is 189 cm³/mol. The van der Waals surface area contributed by atoms with Gasteiger partial charge in [-0.05, 0) is 62.9 Å². The molecule has 0 unspecified atom stereocenters. The lowest BCUT2D eigenvalue weighted by molar-refractivity contribution is 0.0593. The topological polar surface area (TPSA) is 102 Å². The van der Waals surface area contributed by atoms with E-state index >= 15 is 0 Å². The summed E-state index contributed by atoms with van der Waals surface area (Å²) >= 11 is 3.00. The lowest BCUT2D eigenvalue weighted by Crippen LogP contribution is -2.27. The second-order valence-corrected chi connectivity index (χ2v) is 19.0. The maximum Gasteiger partial charge on any atom is 0.357 e. The maximum absolute atomic E-state index is 14.7. The van der Waals surface area contributed by atoms with Gasteiger partial charge in [-0.1, -0.05) is 49.0 Å². The van der Waals surface area contributed by atoms with Gasteiger partial charge in [0.2, 0.25) is 0 Å². The number of hydrogen-bond donors (Lipinski definition) is 1. The smallest absolute Gasteiger partial charge is 0.357 e. The number of carbonyl (C=O) groups is 1. The molecule has 0 atom stereocenters. The summed E-state index contributed by atoms with van der Waals surface area (Å²) < 4.78 is 26.6. The second kappa shape index (κ2) is 13.8. The number of methoxy groups -OCH3 is 1. The molecular formula is C34H35FN6O3S2Si. The summed E-state index contributed by atoms with van der Waals surface area (Å²) in [6, 6.07) is 12.8. The molecule has 242 valence electrons. The highest BCUT2D eigenvalue weighted by molar-refractivity contribution is 7.22. The zero-order chi connectivity index (χ0) is 33.1. The van der Waals surface area contributed by atoms with E-state index in [0.29, 0.717) is 35.9 Å². The molecule has 47 heavy (non-hydrogen) atoms. The average Bonchev–Trinajstić information content (AvgIpc) is 3.67. The van der Waals surface area contributed by atoms with Gasteiger partial charge in [0.25, 0.3) is 0 Å². The fourth-order valence-corrected chi connectivity index (χ4v) is 7.66. The summed E-state index contributed by atoms with van der Waals surface area (Å²) in [5.74, 6) is 3.71. The minimum Gasteiger partial charge on any atom is -0.491 e. The number of nitrogens with zero attached hydrogens (tertiary/aromatic N) is 5. The highest BCUT2D eigenvalue weighted by Crippen LogP contribution is 2.39. The van der Waals surface area contributed by atoms with Gasteiger partial charge in [-0.25, -0.2) is 19.2 Å². The Kier molecular flexibility index (Phi) is 9.54. The number of para-hydroxylation sites is 1. The van der Waals surface area contributed by atoms with Gasteiger partial charge < -0.3 is 19.7 Å². The van der Waals surface area contributed by atoms with Crippen LogP contribution >= 0.6 is 22.7 Å². The van der Waals surface area contributed by atoms with Crippen molar-refractivity contribution in [2.24, 2.45) is 0 Å². The molecule has 1 aliphatic rings. The maximum atomic E-state index is 14.7. The molecule has 0 bridgehead atoms. The molecule has 0 saturated heterocycles. The quantitative estimate of drug-likeness (QED) is 0.0719. The van der Waals surface area contributed by atoms with E-state index in [0.717, 1.165) is 50.0 Å². The number of fused-ring (bicyclic) bond motifs is 2. The van der Waals surface area contributed by atoms with Crippen molar-refractivity contribution in [3.8, 4) is 17.2 Å². The van der Waals surface area contributed by atoms with Crippen LogP contribution in [0.2, 0.25) is 19.6 Å². The Morgan fingerprint density at radius 1 is 1.13 bits per heavy atom. The summed E-state index contributed by atoms with van der Waals surface area (Å²) in [6.07, 6.45) is 2.81. The van der Waals surface area contributed by atoms with Crippen LogP contribution in [0.25, 0.3) is 10.2 Å². The molecule has 0 radical (unpaired) electrons. The van der Waals surface area contributed by atoms with Crippen LogP contribution in [-0.2, 0) is 17.6 Å². The molecule has 3 aromatic heterocycles. The Hall–Kier alpha value is -4.38. The molecule has 1 aliphatic heterocycles. The summed E-state index contributed by atoms with van der Waals surface area (Å²) in [5.41, 5.74) is 7.18. The monoisotopic (exact) mass is 686 g/mol. The van der Waals surface area contributed by atoms with E-state index in [1.165, 1.54) is 24.5 Å². The first-order valence-electron chi connectivity index (χ1n) is 15.4. The van der Waals surface area contributed by atoms with Crippen LogP contribution in [0.4, 0.5) is 26.3 Å². The molecule has 1 N–H and O–H groups in total. The van der Waals surface area contributed by atoms with Gasteiger partial charge in [0.15, 0.2) is 39.2 Å². The highest BCUT2D eigenvalue weighted by atomic mass is 32.1. The third kappa shape index (κ3) is 7.45. The first-order chi connectivity index (χ1) is 22.6. The van der Waals surface area contributed by atoms with Crippen LogP contribution in [0.15, 0.2) is 42.5 Å². The Morgan fingerprint density at radius 2 is 1.96 bits per heavy atom. The minimum atomic E-state index is -1.56. The first-order valence-corrected chi connectivity index (χ1v) is 20.5. The Morgan fingerprint density at radius 3 is 2.72 bits per heavy atom. The van der Waals surface area contributed by atoms with Gasteiger partial charge >= 0.3 is 5.97 Å². The van der Waals surface area contributed by atoms with E-state index in [9.17, 15) is 9.18 Å². The molecule has 0 amide bonds. The van der Waals surface area contributed by atoms with E-state index in [2.05, 4.69) is 51.6 Å². The summed E-state index contributed by atoms with van der Waals surface area (Å²) in [4.78, 5) is 24.9. The normalized spacial score (nSPS) is 12.8. The lowest BCUT2D eigenvalue weighted by atomic mass is 10.0. The molecule has 2 aromatic carbocycles. The largest absolute Gasteiger partial charge is 0.491 e. The molecule has 13 heteroatoms. The van der Waals surface area contributed by atoms with Gasteiger partial charge in [-0.3, -0.25) is 0 Å². The number of halogens is 1. The summed E-state index contributed by atoms with van der Waals surface area (Å²) in [6.45, 7) is 9.44. The Bertz CT molecular complexity index is 1980. The van der Waals surface area contributed by atoms with E-state index in [-0.39, 0.29) is 18.1 Å². The zero-order valence-electron chi connectivity index (χ0n) is 26.9. The predicted octanol–water partition coefficient (Wildman–Crippen LogP) is 7.85. The first kappa shape index (κ1) is 32.6. The third-order valence-corrected chi connectivity index (χ3v) is 10.5. The van der Waals surface area contributed by atoms with Crippen LogP contribution in [0.1, 0.15) is 44.9 Å². The number of aryl methyl sites for hydroxylation is 1.